The maximum atomic E-state index is 12.0. The topological polar surface area (TPSA) is 68.5 Å². The van der Waals surface area contributed by atoms with Crippen LogP contribution in [0.3, 0.4) is 0 Å². The number of hydrazone groups is 1. The molecule has 0 aliphatic rings. The highest BCUT2D eigenvalue weighted by Gasteiger charge is 2.12. The molecule has 4 rings (SSSR count). The van der Waals surface area contributed by atoms with Gasteiger partial charge in [0.05, 0.1) is 16.8 Å². The Kier molecular flexibility index (Phi) is 5.78. The number of carbonyl (C=O) groups excluding carboxylic acids is 1. The number of para-hydroxylation sites is 2. The Morgan fingerprint density at radius 1 is 1.07 bits per heavy atom. The Hall–Kier alpha value is -3.71. The average molecular weight is 402 g/mol. The van der Waals surface area contributed by atoms with E-state index in [9.17, 15) is 4.79 Å². The fraction of sp³-hybridized carbons (Fsp3) is 0.0455. The van der Waals surface area contributed by atoms with E-state index in [4.69, 9.17) is 9.84 Å². The first-order valence-corrected chi connectivity index (χ1v) is 9.86. The summed E-state index contributed by atoms with van der Waals surface area (Å²) in [6, 6.07) is 23.0. The summed E-state index contributed by atoms with van der Waals surface area (Å²) >= 11 is 1.60. The fourth-order valence-electron chi connectivity index (χ4n) is 2.67. The second kappa shape index (κ2) is 8.99. The molecule has 29 heavy (non-hydrogen) atoms. The number of rotatable bonds is 7. The van der Waals surface area contributed by atoms with Gasteiger partial charge in [-0.2, -0.15) is 10.2 Å². The summed E-state index contributed by atoms with van der Waals surface area (Å²) in [5.74, 6) is 0.300. The van der Waals surface area contributed by atoms with Crippen molar-refractivity contribution in [3.63, 3.8) is 0 Å². The number of hydrogen-bond donors (Lipinski definition) is 1. The lowest BCUT2D eigenvalue weighted by Crippen LogP contribution is -2.24. The van der Waals surface area contributed by atoms with Gasteiger partial charge in [-0.3, -0.25) is 4.79 Å². The van der Waals surface area contributed by atoms with Gasteiger partial charge in [-0.05, 0) is 35.7 Å². The zero-order valence-corrected chi connectivity index (χ0v) is 16.3. The number of aromatic nitrogens is 2. The molecule has 6 nitrogen and oxygen atoms in total. The first kappa shape index (κ1) is 18.6. The van der Waals surface area contributed by atoms with Crippen molar-refractivity contribution in [2.75, 3.05) is 6.61 Å². The van der Waals surface area contributed by atoms with Crippen molar-refractivity contribution in [1.82, 2.24) is 15.2 Å². The molecule has 0 saturated heterocycles. The Morgan fingerprint density at radius 2 is 1.83 bits per heavy atom. The summed E-state index contributed by atoms with van der Waals surface area (Å²) in [5, 5.41) is 10.8. The quantitative estimate of drug-likeness (QED) is 0.373. The molecule has 0 unspecified atom stereocenters. The summed E-state index contributed by atoms with van der Waals surface area (Å²) in [6.07, 6.45) is 3.49. The molecule has 7 heteroatoms. The van der Waals surface area contributed by atoms with Crippen molar-refractivity contribution in [3.05, 3.63) is 89.9 Å². The molecule has 0 aliphatic heterocycles. The first-order valence-electron chi connectivity index (χ1n) is 8.98. The van der Waals surface area contributed by atoms with Crippen LogP contribution in [0.1, 0.15) is 5.56 Å². The molecule has 2 heterocycles. The Bertz CT molecular complexity index is 1090. The van der Waals surface area contributed by atoms with E-state index in [1.54, 1.807) is 34.4 Å². The third-order valence-electron chi connectivity index (χ3n) is 4.02. The number of amides is 1. The van der Waals surface area contributed by atoms with E-state index >= 15 is 0 Å². The van der Waals surface area contributed by atoms with Gasteiger partial charge < -0.3 is 4.74 Å². The van der Waals surface area contributed by atoms with E-state index in [1.165, 1.54) is 0 Å². The van der Waals surface area contributed by atoms with Gasteiger partial charge in [0.2, 0.25) is 0 Å². The maximum absolute atomic E-state index is 12.0. The van der Waals surface area contributed by atoms with Crippen LogP contribution in [-0.2, 0) is 4.79 Å². The lowest BCUT2D eigenvalue weighted by atomic mass is 10.2. The molecule has 0 fully saturated rings. The summed E-state index contributed by atoms with van der Waals surface area (Å²) in [4.78, 5) is 13.0. The van der Waals surface area contributed by atoms with Crippen LogP contribution in [0.25, 0.3) is 16.3 Å². The zero-order chi connectivity index (χ0) is 19.9. The average Bonchev–Trinajstić information content (AvgIpc) is 3.44. The van der Waals surface area contributed by atoms with Crippen LogP contribution in [0.4, 0.5) is 0 Å². The second-order valence-corrected chi connectivity index (χ2v) is 7.03. The van der Waals surface area contributed by atoms with Crippen molar-refractivity contribution in [3.8, 4) is 22.0 Å². The van der Waals surface area contributed by atoms with Crippen LogP contribution in [0, 0.1) is 0 Å². The van der Waals surface area contributed by atoms with Crippen LogP contribution in [0.15, 0.2) is 89.5 Å². The molecule has 0 bridgehead atoms. The second-order valence-electron chi connectivity index (χ2n) is 6.09. The monoisotopic (exact) mass is 402 g/mol. The molecule has 0 atom stereocenters. The number of nitrogens with zero attached hydrogens (tertiary/aromatic N) is 3. The molecule has 2 aromatic heterocycles. The van der Waals surface area contributed by atoms with Gasteiger partial charge in [0.1, 0.15) is 11.4 Å². The van der Waals surface area contributed by atoms with Gasteiger partial charge in [0.25, 0.3) is 5.91 Å². The van der Waals surface area contributed by atoms with Crippen molar-refractivity contribution in [2.45, 2.75) is 0 Å². The predicted octanol–water partition coefficient (Wildman–Crippen LogP) is 4.13. The molecule has 0 radical (unpaired) electrons. The highest BCUT2D eigenvalue weighted by molar-refractivity contribution is 7.13. The number of benzene rings is 2. The molecule has 0 aliphatic carbocycles. The van der Waals surface area contributed by atoms with E-state index in [-0.39, 0.29) is 12.5 Å². The molecule has 1 N–H and O–H groups in total. The number of carbonyl (C=O) groups is 1. The van der Waals surface area contributed by atoms with Gasteiger partial charge in [-0.1, -0.05) is 42.5 Å². The maximum Gasteiger partial charge on any atom is 0.277 e. The molecule has 144 valence electrons. The van der Waals surface area contributed by atoms with Crippen molar-refractivity contribution in [1.29, 1.82) is 0 Å². The number of ether oxygens (including phenoxy) is 1. The first-order chi connectivity index (χ1) is 14.3. The number of nitrogens with one attached hydrogen (secondary N) is 1. The summed E-state index contributed by atoms with van der Waals surface area (Å²) in [5.41, 5.74) is 5.06. The summed E-state index contributed by atoms with van der Waals surface area (Å²) in [6.45, 7) is -0.109. The minimum Gasteiger partial charge on any atom is -0.484 e. The van der Waals surface area contributed by atoms with Crippen LogP contribution >= 0.6 is 11.3 Å². The summed E-state index contributed by atoms with van der Waals surface area (Å²) in [7, 11) is 0. The zero-order valence-electron chi connectivity index (χ0n) is 15.4. The third kappa shape index (κ3) is 4.77. The molecular formula is C22H18N4O2S. The minimum absolute atomic E-state index is 0.109. The molecular weight excluding hydrogens is 384 g/mol. The van der Waals surface area contributed by atoms with Gasteiger partial charge in [-0.15, -0.1) is 11.3 Å². The highest BCUT2D eigenvalue weighted by Crippen LogP contribution is 2.26. The Labute approximate surface area is 172 Å². The fourth-order valence-corrected chi connectivity index (χ4v) is 3.40. The molecule has 2 aromatic carbocycles. The normalized spacial score (nSPS) is 10.9. The molecule has 0 spiro atoms. The molecule has 4 aromatic rings. The van der Waals surface area contributed by atoms with Gasteiger partial charge >= 0.3 is 0 Å². The number of thiophene rings is 1. The van der Waals surface area contributed by atoms with E-state index in [2.05, 4.69) is 10.5 Å². The highest BCUT2D eigenvalue weighted by atomic mass is 32.1. The largest absolute Gasteiger partial charge is 0.484 e. The Balaban J connectivity index is 1.47. The van der Waals surface area contributed by atoms with Crippen LogP contribution in [0.2, 0.25) is 0 Å². The third-order valence-corrected chi connectivity index (χ3v) is 4.90. The summed E-state index contributed by atoms with van der Waals surface area (Å²) < 4.78 is 7.22. The number of hydrogen-bond acceptors (Lipinski definition) is 5. The van der Waals surface area contributed by atoms with Crippen LogP contribution in [0.5, 0.6) is 5.75 Å². The van der Waals surface area contributed by atoms with E-state index in [0.29, 0.717) is 5.75 Å². The van der Waals surface area contributed by atoms with Gasteiger partial charge in [0.15, 0.2) is 6.61 Å². The SMILES string of the molecule is O=C(COc1ccccc1)N/N=C\c1cn(-c2ccccc2)nc1-c1cccs1. The lowest BCUT2D eigenvalue weighted by Gasteiger charge is -2.03. The molecule has 1 amide bonds. The minimum atomic E-state index is -0.335. The van der Waals surface area contributed by atoms with Gasteiger partial charge in [0, 0.05) is 11.8 Å². The van der Waals surface area contributed by atoms with Crippen molar-refractivity contribution in [2.24, 2.45) is 5.10 Å². The van der Waals surface area contributed by atoms with Crippen LogP contribution < -0.4 is 10.2 Å². The van der Waals surface area contributed by atoms with Crippen molar-refractivity contribution < 1.29 is 9.53 Å². The van der Waals surface area contributed by atoms with Gasteiger partial charge in [-0.25, -0.2) is 10.1 Å². The molecule has 0 saturated carbocycles. The van der Waals surface area contributed by atoms with E-state index in [1.807, 2.05) is 72.2 Å². The predicted molar refractivity (Wildman–Crippen MR) is 115 cm³/mol. The standard InChI is InChI=1S/C22H18N4O2S/c27-21(16-28-19-10-5-2-6-11-19)24-23-14-17-15-26(18-8-3-1-4-9-18)25-22(17)20-12-7-13-29-20/h1-15H,16H2,(H,24,27)/b23-14-. The van der Waals surface area contributed by atoms with E-state index < -0.39 is 0 Å². The van der Waals surface area contributed by atoms with Crippen LogP contribution in [-0.4, -0.2) is 28.5 Å². The lowest BCUT2D eigenvalue weighted by molar-refractivity contribution is -0.123. The Morgan fingerprint density at radius 3 is 2.55 bits per heavy atom. The van der Waals surface area contributed by atoms with E-state index in [0.717, 1.165) is 21.8 Å². The van der Waals surface area contributed by atoms with Crippen molar-refractivity contribution >= 4 is 23.5 Å². The smallest absolute Gasteiger partial charge is 0.277 e.